The Morgan fingerprint density at radius 1 is 1.64 bits per heavy atom. The van der Waals surface area contributed by atoms with Crippen LogP contribution in [0.5, 0.6) is 0 Å². The lowest BCUT2D eigenvalue weighted by Crippen LogP contribution is -1.98. The predicted molar refractivity (Wildman–Crippen MR) is 38.9 cm³/mol. The number of carbonyl (C=O) groups excluding carboxylic acids is 1. The van der Waals surface area contributed by atoms with Crippen molar-refractivity contribution in [2.24, 2.45) is 0 Å². The van der Waals surface area contributed by atoms with Crippen LogP contribution >= 0.6 is 0 Å². The van der Waals surface area contributed by atoms with Crippen molar-refractivity contribution in [1.29, 1.82) is 0 Å². The number of rotatable bonds is 1. The molecule has 0 atom stereocenters. The fraction of sp³-hybridized carbons (Fsp3) is 0.250. The summed E-state index contributed by atoms with van der Waals surface area (Å²) in [6.45, 7) is 2.99. The Hall–Kier alpha value is -1.25. The van der Waals surface area contributed by atoms with Gasteiger partial charge in [-0.1, -0.05) is 0 Å². The van der Waals surface area contributed by atoms with Gasteiger partial charge in [-0.15, -0.1) is 0 Å². The third-order valence-electron chi connectivity index (χ3n) is 1.37. The Bertz CT molecular complexity index is 296. The van der Waals surface area contributed by atoms with Crippen LogP contribution in [0.15, 0.2) is 12.3 Å². The van der Waals surface area contributed by atoms with E-state index in [0.29, 0.717) is 5.69 Å². The Balaban J connectivity index is 3.20. The number of aryl methyl sites for hydroxylation is 1. The highest BCUT2D eigenvalue weighted by atomic mass is 19.1. The maximum atomic E-state index is 12.8. The summed E-state index contributed by atoms with van der Waals surface area (Å²) in [6, 6.07) is 1.25. The number of hydrogen-bond donors (Lipinski definition) is 0. The fourth-order valence-corrected chi connectivity index (χ4v) is 0.786. The number of halogens is 1. The molecule has 0 aliphatic carbocycles. The third kappa shape index (κ3) is 1.61. The van der Waals surface area contributed by atoms with Gasteiger partial charge in [0.1, 0.15) is 5.82 Å². The number of pyridine rings is 1. The minimum atomic E-state index is -0.495. The van der Waals surface area contributed by atoms with E-state index in [-0.39, 0.29) is 11.3 Å². The number of Topliss-reactive ketones (excluding diaryl/α,β-unsaturated/α-hetero) is 1. The van der Waals surface area contributed by atoms with Crippen LogP contribution in [-0.4, -0.2) is 10.8 Å². The average molecular weight is 153 g/mol. The van der Waals surface area contributed by atoms with Crippen LogP contribution in [0.25, 0.3) is 0 Å². The molecular formula is C8H8FNO. The molecule has 0 bridgehead atoms. The van der Waals surface area contributed by atoms with Gasteiger partial charge in [-0.3, -0.25) is 9.78 Å². The molecule has 2 nitrogen and oxygen atoms in total. The van der Waals surface area contributed by atoms with Crippen LogP contribution in [0.4, 0.5) is 4.39 Å². The number of ketones is 1. The molecule has 0 unspecified atom stereocenters. The highest BCUT2D eigenvalue weighted by molar-refractivity contribution is 5.93. The van der Waals surface area contributed by atoms with E-state index in [2.05, 4.69) is 4.98 Å². The topological polar surface area (TPSA) is 30.0 Å². The molecule has 0 aromatic carbocycles. The summed E-state index contributed by atoms with van der Waals surface area (Å²) >= 11 is 0. The number of hydrogen-bond acceptors (Lipinski definition) is 2. The van der Waals surface area contributed by atoms with Gasteiger partial charge in [0.25, 0.3) is 0 Å². The first kappa shape index (κ1) is 7.85. The minimum Gasteiger partial charge on any atom is -0.294 e. The predicted octanol–water partition coefficient (Wildman–Crippen LogP) is 1.73. The molecule has 1 heterocycles. The zero-order valence-electron chi connectivity index (χ0n) is 6.39. The summed E-state index contributed by atoms with van der Waals surface area (Å²) in [7, 11) is 0. The molecule has 1 aromatic rings. The smallest absolute Gasteiger partial charge is 0.164 e. The number of nitrogens with zero attached hydrogens (tertiary/aromatic N) is 1. The third-order valence-corrected chi connectivity index (χ3v) is 1.37. The summed E-state index contributed by atoms with van der Waals surface area (Å²) < 4.78 is 12.8. The van der Waals surface area contributed by atoms with Crippen molar-refractivity contribution in [3.05, 3.63) is 29.3 Å². The highest BCUT2D eigenvalue weighted by Gasteiger charge is 2.06. The normalized spacial score (nSPS) is 9.73. The first-order chi connectivity index (χ1) is 5.11. The van der Waals surface area contributed by atoms with Gasteiger partial charge in [0, 0.05) is 11.9 Å². The molecule has 1 aromatic heterocycles. The molecule has 0 aliphatic rings. The molecule has 0 saturated heterocycles. The maximum absolute atomic E-state index is 12.8. The standard InChI is InChI=1S/C8H8FNO/c1-5-3-8(9)7(4-10-5)6(2)11/h3-4H,1-2H3. The molecule has 0 amide bonds. The Morgan fingerprint density at radius 2 is 2.27 bits per heavy atom. The van der Waals surface area contributed by atoms with E-state index in [4.69, 9.17) is 0 Å². The summed E-state index contributed by atoms with van der Waals surface area (Å²) in [5.74, 6) is -0.792. The zero-order chi connectivity index (χ0) is 8.43. The Kier molecular flexibility index (Phi) is 1.98. The van der Waals surface area contributed by atoms with E-state index in [0.717, 1.165) is 0 Å². The zero-order valence-corrected chi connectivity index (χ0v) is 6.39. The van der Waals surface area contributed by atoms with Crippen LogP contribution in [0.3, 0.4) is 0 Å². The van der Waals surface area contributed by atoms with Crippen LogP contribution in [0.2, 0.25) is 0 Å². The van der Waals surface area contributed by atoms with Crippen molar-refractivity contribution in [2.45, 2.75) is 13.8 Å². The van der Waals surface area contributed by atoms with E-state index in [1.54, 1.807) is 6.92 Å². The lowest BCUT2D eigenvalue weighted by atomic mass is 10.2. The summed E-state index contributed by atoms with van der Waals surface area (Å²) in [5, 5.41) is 0. The summed E-state index contributed by atoms with van der Waals surface area (Å²) in [6.07, 6.45) is 1.26. The molecule has 0 aliphatic heterocycles. The molecule has 0 fully saturated rings. The second-order valence-electron chi connectivity index (χ2n) is 2.36. The SMILES string of the molecule is CC(=O)c1cnc(C)cc1F. The van der Waals surface area contributed by atoms with Gasteiger partial charge in [0.05, 0.1) is 5.56 Å². The number of aromatic nitrogens is 1. The average Bonchev–Trinajstić information content (AvgIpc) is 1.85. The van der Waals surface area contributed by atoms with Gasteiger partial charge in [-0.25, -0.2) is 4.39 Å². The number of carbonyl (C=O) groups is 1. The minimum absolute atomic E-state index is 0.0515. The van der Waals surface area contributed by atoms with E-state index in [9.17, 15) is 9.18 Å². The van der Waals surface area contributed by atoms with Gasteiger partial charge in [0.2, 0.25) is 0 Å². The lowest BCUT2D eigenvalue weighted by molar-refractivity contribution is 0.101. The second-order valence-corrected chi connectivity index (χ2v) is 2.36. The molecule has 11 heavy (non-hydrogen) atoms. The van der Waals surface area contributed by atoms with Crippen LogP contribution in [0.1, 0.15) is 23.0 Å². The van der Waals surface area contributed by atoms with Gasteiger partial charge >= 0.3 is 0 Å². The van der Waals surface area contributed by atoms with Crippen LogP contribution in [0, 0.1) is 12.7 Å². The fourth-order valence-electron chi connectivity index (χ4n) is 0.786. The molecule has 58 valence electrons. The first-order valence-electron chi connectivity index (χ1n) is 3.24. The lowest BCUT2D eigenvalue weighted by Gasteiger charge is -1.97. The van der Waals surface area contributed by atoms with E-state index in [1.165, 1.54) is 19.2 Å². The van der Waals surface area contributed by atoms with Crippen LogP contribution in [-0.2, 0) is 0 Å². The highest BCUT2D eigenvalue weighted by Crippen LogP contribution is 2.06. The Labute approximate surface area is 64.1 Å². The van der Waals surface area contributed by atoms with E-state index < -0.39 is 5.82 Å². The molecule has 0 saturated carbocycles. The van der Waals surface area contributed by atoms with Crippen molar-refractivity contribution >= 4 is 5.78 Å². The second kappa shape index (κ2) is 2.78. The Morgan fingerprint density at radius 3 is 2.73 bits per heavy atom. The molecule has 3 heteroatoms. The van der Waals surface area contributed by atoms with Gasteiger partial charge in [-0.2, -0.15) is 0 Å². The quantitative estimate of drug-likeness (QED) is 0.575. The van der Waals surface area contributed by atoms with Gasteiger partial charge in [-0.05, 0) is 19.9 Å². The summed E-state index contributed by atoms with van der Waals surface area (Å²) in [5.41, 5.74) is 0.628. The van der Waals surface area contributed by atoms with Crippen molar-refractivity contribution < 1.29 is 9.18 Å². The largest absolute Gasteiger partial charge is 0.294 e. The van der Waals surface area contributed by atoms with Crippen molar-refractivity contribution in [3.63, 3.8) is 0 Å². The molecular weight excluding hydrogens is 145 g/mol. The van der Waals surface area contributed by atoms with Gasteiger partial charge in [0.15, 0.2) is 5.78 Å². The van der Waals surface area contributed by atoms with E-state index >= 15 is 0 Å². The van der Waals surface area contributed by atoms with Crippen molar-refractivity contribution in [1.82, 2.24) is 4.98 Å². The van der Waals surface area contributed by atoms with E-state index in [1.807, 2.05) is 0 Å². The maximum Gasteiger partial charge on any atom is 0.164 e. The summed E-state index contributed by atoms with van der Waals surface area (Å²) in [4.78, 5) is 14.5. The molecule has 0 N–H and O–H groups in total. The molecule has 0 spiro atoms. The van der Waals surface area contributed by atoms with Gasteiger partial charge < -0.3 is 0 Å². The van der Waals surface area contributed by atoms with Crippen molar-refractivity contribution in [2.75, 3.05) is 0 Å². The van der Waals surface area contributed by atoms with Crippen LogP contribution < -0.4 is 0 Å². The molecule has 1 rings (SSSR count). The van der Waals surface area contributed by atoms with Crippen molar-refractivity contribution in [3.8, 4) is 0 Å². The molecule has 0 radical (unpaired) electrons. The monoisotopic (exact) mass is 153 g/mol. The first-order valence-corrected chi connectivity index (χ1v) is 3.24.